The number of hydrogen-bond acceptors (Lipinski definition) is 5. The van der Waals surface area contributed by atoms with Gasteiger partial charge in [-0.2, -0.15) is 0 Å². The third kappa shape index (κ3) is 2.98. The highest BCUT2D eigenvalue weighted by Crippen LogP contribution is 2.37. The zero-order chi connectivity index (χ0) is 19.1. The number of H-pyrrole nitrogens is 1. The Morgan fingerprint density at radius 1 is 1.07 bits per heavy atom. The van der Waals surface area contributed by atoms with Gasteiger partial charge < -0.3 is 25.1 Å². The Kier molecular flexibility index (Phi) is 4.16. The highest BCUT2D eigenvalue weighted by atomic mass is 16.6. The summed E-state index contributed by atoms with van der Waals surface area (Å²) in [6.45, 7) is 4.47. The van der Waals surface area contributed by atoms with Crippen LogP contribution in [0.4, 0.5) is 5.95 Å². The third-order valence-corrected chi connectivity index (χ3v) is 6.25. The molecular weight excluding hydrogens is 352 g/mol. The number of aromatic nitrogens is 2. The molecule has 0 bridgehead atoms. The molecule has 1 fully saturated rings. The van der Waals surface area contributed by atoms with Crippen molar-refractivity contribution in [3.8, 4) is 11.5 Å². The van der Waals surface area contributed by atoms with E-state index in [4.69, 9.17) is 20.2 Å². The van der Waals surface area contributed by atoms with Crippen molar-refractivity contribution >= 4 is 17.0 Å². The number of hydrogen-bond donors (Lipinski definition) is 2. The first-order valence-corrected chi connectivity index (χ1v) is 9.98. The summed E-state index contributed by atoms with van der Waals surface area (Å²) in [4.78, 5) is 10.5. The molecule has 2 aliphatic heterocycles. The van der Waals surface area contributed by atoms with Gasteiger partial charge in [0.1, 0.15) is 6.61 Å². The summed E-state index contributed by atoms with van der Waals surface area (Å²) in [5.74, 6) is 2.90. The van der Waals surface area contributed by atoms with Gasteiger partial charge in [0.05, 0.1) is 16.6 Å². The highest BCUT2D eigenvalue weighted by molar-refractivity contribution is 5.77. The van der Waals surface area contributed by atoms with Gasteiger partial charge in [-0.25, -0.2) is 4.98 Å². The van der Waals surface area contributed by atoms with Crippen LogP contribution < -0.4 is 20.1 Å². The summed E-state index contributed by atoms with van der Waals surface area (Å²) < 4.78 is 12.1. The Hall–Kier alpha value is -2.73. The zero-order valence-electron chi connectivity index (χ0n) is 16.1. The van der Waals surface area contributed by atoms with E-state index in [-0.39, 0.29) is 6.10 Å². The largest absolute Gasteiger partial charge is 0.486 e. The predicted octanol–water partition coefficient (Wildman–Crippen LogP) is 3.34. The molecule has 0 amide bonds. The summed E-state index contributed by atoms with van der Waals surface area (Å²) in [5, 5.41) is 0. The second kappa shape index (κ2) is 6.71. The van der Waals surface area contributed by atoms with E-state index in [1.807, 2.05) is 42.5 Å². The third-order valence-electron chi connectivity index (χ3n) is 6.25. The van der Waals surface area contributed by atoms with Crippen LogP contribution in [0.15, 0.2) is 48.5 Å². The Morgan fingerprint density at radius 2 is 1.79 bits per heavy atom. The molecule has 0 spiro atoms. The molecule has 0 saturated carbocycles. The second-order valence-electron chi connectivity index (χ2n) is 8.07. The standard InChI is InChI=1S/C22H26N4O2/c1-22(23,20-14-27-18-8-4-5-9-19(18)28-20)15-10-12-26(13-11-15)21-24-16-6-2-3-7-17(16)25-21/h2-9,15,20H,10-14,23H2,1H3,(H,24,25). The van der Waals surface area contributed by atoms with E-state index in [2.05, 4.69) is 22.9 Å². The summed E-state index contributed by atoms with van der Waals surface area (Å²) in [6, 6.07) is 15.9. The van der Waals surface area contributed by atoms with E-state index in [1.54, 1.807) is 0 Å². The lowest BCUT2D eigenvalue weighted by atomic mass is 9.76. The number of aromatic amines is 1. The number of benzene rings is 2. The van der Waals surface area contributed by atoms with Gasteiger partial charge in [-0.05, 0) is 49.9 Å². The number of nitrogens with zero attached hydrogens (tertiary/aromatic N) is 2. The van der Waals surface area contributed by atoms with E-state index >= 15 is 0 Å². The molecule has 0 radical (unpaired) electrons. The lowest BCUT2D eigenvalue weighted by Crippen LogP contribution is -2.61. The predicted molar refractivity (Wildman–Crippen MR) is 110 cm³/mol. The van der Waals surface area contributed by atoms with Gasteiger partial charge in [0.25, 0.3) is 0 Å². The molecule has 5 rings (SSSR count). The molecule has 6 nitrogen and oxygen atoms in total. The molecule has 1 aromatic heterocycles. The quantitative estimate of drug-likeness (QED) is 0.731. The Morgan fingerprint density at radius 3 is 2.57 bits per heavy atom. The SMILES string of the molecule is CC(N)(C1CCN(c2nc3ccccc3[nH]2)CC1)C1COc2ccccc2O1. The van der Waals surface area contributed by atoms with Gasteiger partial charge in [0.15, 0.2) is 17.6 Å². The maximum Gasteiger partial charge on any atom is 0.203 e. The summed E-state index contributed by atoms with van der Waals surface area (Å²) in [6.07, 6.45) is 1.86. The summed E-state index contributed by atoms with van der Waals surface area (Å²) in [5.41, 5.74) is 8.46. The molecule has 2 unspecified atom stereocenters. The fourth-order valence-electron chi connectivity index (χ4n) is 4.39. The second-order valence-corrected chi connectivity index (χ2v) is 8.07. The number of para-hydroxylation sites is 4. The van der Waals surface area contributed by atoms with E-state index in [0.29, 0.717) is 12.5 Å². The van der Waals surface area contributed by atoms with E-state index in [0.717, 1.165) is 54.4 Å². The van der Waals surface area contributed by atoms with Crippen molar-refractivity contribution in [2.24, 2.45) is 11.7 Å². The minimum absolute atomic E-state index is 0.148. The van der Waals surface area contributed by atoms with Crippen LogP contribution in [0.2, 0.25) is 0 Å². The number of rotatable bonds is 3. The normalized spacial score (nSPS) is 22.2. The fraction of sp³-hybridized carbons (Fsp3) is 0.409. The van der Waals surface area contributed by atoms with Crippen LogP contribution in [-0.4, -0.2) is 41.3 Å². The number of fused-ring (bicyclic) bond motifs is 2. The van der Waals surface area contributed by atoms with Crippen molar-refractivity contribution in [1.82, 2.24) is 9.97 Å². The van der Waals surface area contributed by atoms with Crippen molar-refractivity contribution in [2.45, 2.75) is 31.4 Å². The van der Waals surface area contributed by atoms with Crippen molar-refractivity contribution in [1.29, 1.82) is 0 Å². The molecule has 3 aromatic rings. The number of ether oxygens (including phenoxy) is 2. The molecule has 2 aromatic carbocycles. The number of nitrogens with two attached hydrogens (primary N) is 1. The first-order valence-electron chi connectivity index (χ1n) is 9.98. The van der Waals surface area contributed by atoms with Crippen LogP contribution in [0.3, 0.4) is 0 Å². The van der Waals surface area contributed by atoms with Crippen molar-refractivity contribution < 1.29 is 9.47 Å². The average molecular weight is 378 g/mol. The number of imidazole rings is 1. The molecule has 2 aliphatic rings. The molecule has 3 N–H and O–H groups in total. The molecular formula is C22H26N4O2. The molecule has 28 heavy (non-hydrogen) atoms. The Balaban J connectivity index is 1.27. The number of nitrogens with one attached hydrogen (secondary N) is 1. The average Bonchev–Trinajstić information content (AvgIpc) is 3.18. The maximum absolute atomic E-state index is 6.82. The van der Waals surface area contributed by atoms with Crippen molar-refractivity contribution in [2.75, 3.05) is 24.6 Å². The summed E-state index contributed by atoms with van der Waals surface area (Å²) in [7, 11) is 0. The van der Waals surface area contributed by atoms with Crippen LogP contribution in [0.25, 0.3) is 11.0 Å². The highest BCUT2D eigenvalue weighted by Gasteiger charge is 2.43. The van der Waals surface area contributed by atoms with Gasteiger partial charge in [-0.1, -0.05) is 24.3 Å². The molecule has 6 heteroatoms. The topological polar surface area (TPSA) is 76.4 Å². The number of anilines is 1. The van der Waals surface area contributed by atoms with Crippen LogP contribution in [-0.2, 0) is 0 Å². The van der Waals surface area contributed by atoms with E-state index in [9.17, 15) is 0 Å². The first-order chi connectivity index (χ1) is 13.6. The van der Waals surface area contributed by atoms with Gasteiger partial charge >= 0.3 is 0 Å². The monoisotopic (exact) mass is 378 g/mol. The summed E-state index contributed by atoms with van der Waals surface area (Å²) >= 11 is 0. The maximum atomic E-state index is 6.82. The van der Waals surface area contributed by atoms with Crippen molar-refractivity contribution in [3.63, 3.8) is 0 Å². The molecule has 1 saturated heterocycles. The zero-order valence-corrected chi connectivity index (χ0v) is 16.1. The van der Waals surface area contributed by atoms with Gasteiger partial charge in [0.2, 0.25) is 5.95 Å². The smallest absolute Gasteiger partial charge is 0.203 e. The lowest BCUT2D eigenvalue weighted by molar-refractivity contribution is 0.00932. The minimum atomic E-state index is -0.451. The van der Waals surface area contributed by atoms with E-state index < -0.39 is 5.54 Å². The van der Waals surface area contributed by atoms with Gasteiger partial charge in [0, 0.05) is 13.1 Å². The van der Waals surface area contributed by atoms with Crippen LogP contribution in [0.1, 0.15) is 19.8 Å². The Bertz CT molecular complexity index is 942. The fourth-order valence-corrected chi connectivity index (χ4v) is 4.39. The van der Waals surface area contributed by atoms with Crippen molar-refractivity contribution in [3.05, 3.63) is 48.5 Å². The lowest BCUT2D eigenvalue weighted by Gasteiger charge is -2.45. The van der Waals surface area contributed by atoms with Crippen LogP contribution in [0.5, 0.6) is 11.5 Å². The first kappa shape index (κ1) is 17.4. The van der Waals surface area contributed by atoms with Crippen LogP contribution >= 0.6 is 0 Å². The minimum Gasteiger partial charge on any atom is -0.486 e. The van der Waals surface area contributed by atoms with E-state index in [1.165, 1.54) is 0 Å². The van der Waals surface area contributed by atoms with Gasteiger partial charge in [-0.3, -0.25) is 0 Å². The van der Waals surface area contributed by atoms with Crippen LogP contribution in [0, 0.1) is 5.92 Å². The molecule has 0 aliphatic carbocycles. The molecule has 2 atom stereocenters. The molecule has 146 valence electrons. The molecule has 3 heterocycles. The van der Waals surface area contributed by atoms with Gasteiger partial charge in [-0.15, -0.1) is 0 Å². The number of piperidine rings is 1. The Labute approximate surface area is 164 Å².